The molecular weight excluding hydrogens is 341 g/mol. The first-order valence-electron chi connectivity index (χ1n) is 5.75. The fraction of sp³-hybridized carbons (Fsp3) is 0.333. The van der Waals surface area contributed by atoms with Gasteiger partial charge in [0, 0.05) is 22.5 Å². The van der Waals surface area contributed by atoms with E-state index in [0.29, 0.717) is 0 Å². The van der Waals surface area contributed by atoms with Crippen LogP contribution >= 0.6 is 23.2 Å². The molecule has 1 rings (SSSR count). The Labute approximate surface area is 132 Å². The highest BCUT2D eigenvalue weighted by Gasteiger charge is 2.27. The van der Waals surface area contributed by atoms with E-state index >= 15 is 0 Å². The highest BCUT2D eigenvalue weighted by molar-refractivity contribution is 7.90. The standard InChI is InChI=1S/C12H13Cl2NO5S/c1-7(16)15-11(12(17)18)6-21(19,20)5-8-9(13)3-2-4-10(8)14/h2-4,11H,5-6H2,1H3,(H,15,16)(H,17,18). The molecule has 0 aromatic heterocycles. The molecule has 0 fully saturated rings. The molecule has 0 aliphatic rings. The molecule has 1 aromatic carbocycles. The second-order valence-electron chi connectivity index (χ2n) is 4.35. The van der Waals surface area contributed by atoms with Crippen molar-refractivity contribution in [2.75, 3.05) is 5.75 Å². The van der Waals surface area contributed by atoms with Crippen molar-refractivity contribution >= 4 is 44.9 Å². The van der Waals surface area contributed by atoms with Crippen molar-refractivity contribution in [3.63, 3.8) is 0 Å². The predicted octanol–water partition coefficient (Wildman–Crippen LogP) is 1.50. The van der Waals surface area contributed by atoms with E-state index in [2.05, 4.69) is 5.32 Å². The molecule has 0 aliphatic heterocycles. The molecule has 2 N–H and O–H groups in total. The number of hydrogen-bond acceptors (Lipinski definition) is 4. The Morgan fingerprint density at radius 1 is 1.29 bits per heavy atom. The zero-order valence-electron chi connectivity index (χ0n) is 11.0. The summed E-state index contributed by atoms with van der Waals surface area (Å²) in [5.41, 5.74) is 0.202. The number of nitrogens with one attached hydrogen (secondary N) is 1. The van der Waals surface area contributed by atoms with Gasteiger partial charge in [0.1, 0.15) is 6.04 Å². The van der Waals surface area contributed by atoms with Crippen LogP contribution in [0.2, 0.25) is 10.0 Å². The summed E-state index contributed by atoms with van der Waals surface area (Å²) in [6.45, 7) is 1.10. The second-order valence-corrected chi connectivity index (χ2v) is 7.27. The highest BCUT2D eigenvalue weighted by atomic mass is 35.5. The number of rotatable bonds is 6. The van der Waals surface area contributed by atoms with Gasteiger partial charge in [0.25, 0.3) is 0 Å². The summed E-state index contributed by atoms with van der Waals surface area (Å²) in [7, 11) is -3.83. The Kier molecular flexibility index (Phi) is 6.00. The van der Waals surface area contributed by atoms with Crippen LogP contribution in [0.15, 0.2) is 18.2 Å². The molecule has 9 heteroatoms. The number of sulfone groups is 1. The zero-order valence-corrected chi connectivity index (χ0v) is 13.3. The summed E-state index contributed by atoms with van der Waals surface area (Å²) in [5.74, 6) is -3.31. The molecule has 0 aliphatic carbocycles. The molecule has 21 heavy (non-hydrogen) atoms. The average molecular weight is 354 g/mol. The highest BCUT2D eigenvalue weighted by Crippen LogP contribution is 2.26. The van der Waals surface area contributed by atoms with Crippen molar-refractivity contribution < 1.29 is 23.1 Å². The van der Waals surface area contributed by atoms with E-state index in [1.807, 2.05) is 0 Å². The van der Waals surface area contributed by atoms with Gasteiger partial charge in [-0.2, -0.15) is 0 Å². The number of carboxylic acids is 1. The van der Waals surface area contributed by atoms with Gasteiger partial charge in [-0.15, -0.1) is 0 Å². The summed E-state index contributed by atoms with van der Waals surface area (Å²) in [5, 5.41) is 11.4. The molecule has 0 spiro atoms. The Balaban J connectivity index is 2.96. The zero-order chi connectivity index (χ0) is 16.2. The largest absolute Gasteiger partial charge is 0.480 e. The molecule has 0 saturated heterocycles. The predicted molar refractivity (Wildman–Crippen MR) is 79.2 cm³/mol. The van der Waals surface area contributed by atoms with Gasteiger partial charge in [0.05, 0.1) is 11.5 Å². The first kappa shape index (κ1) is 17.7. The monoisotopic (exact) mass is 353 g/mol. The molecule has 0 saturated carbocycles. The molecule has 1 atom stereocenters. The summed E-state index contributed by atoms with van der Waals surface area (Å²) in [4.78, 5) is 21.9. The number of carbonyl (C=O) groups excluding carboxylic acids is 1. The molecule has 6 nitrogen and oxygen atoms in total. The lowest BCUT2D eigenvalue weighted by Gasteiger charge is -2.14. The van der Waals surface area contributed by atoms with Crippen LogP contribution < -0.4 is 5.32 Å². The number of carbonyl (C=O) groups is 2. The normalized spacial score (nSPS) is 12.7. The van der Waals surface area contributed by atoms with Gasteiger partial charge in [-0.25, -0.2) is 13.2 Å². The maximum Gasteiger partial charge on any atom is 0.327 e. The van der Waals surface area contributed by atoms with Crippen LogP contribution in [0.4, 0.5) is 0 Å². The number of amides is 1. The smallest absolute Gasteiger partial charge is 0.327 e. The summed E-state index contributed by atoms with van der Waals surface area (Å²) < 4.78 is 24.1. The van der Waals surface area contributed by atoms with Gasteiger partial charge in [0.2, 0.25) is 5.91 Å². The number of halogens is 2. The Bertz CT molecular complexity index is 639. The molecule has 0 bridgehead atoms. The molecule has 0 heterocycles. The molecule has 116 valence electrons. The molecule has 1 aromatic rings. The van der Waals surface area contributed by atoms with Gasteiger partial charge in [-0.1, -0.05) is 29.3 Å². The van der Waals surface area contributed by atoms with Crippen LogP contribution in [-0.2, 0) is 25.2 Å². The first-order chi connectivity index (χ1) is 9.62. The third kappa shape index (κ3) is 5.53. The Morgan fingerprint density at radius 3 is 2.24 bits per heavy atom. The van der Waals surface area contributed by atoms with Crippen LogP contribution in [0.5, 0.6) is 0 Å². The number of carboxylic acid groups (broad SMARTS) is 1. The van der Waals surface area contributed by atoms with Gasteiger partial charge in [0.15, 0.2) is 9.84 Å². The average Bonchev–Trinajstić information content (AvgIpc) is 2.32. The first-order valence-corrected chi connectivity index (χ1v) is 8.33. The summed E-state index contributed by atoms with van der Waals surface area (Å²) in [6.07, 6.45) is 0. The minimum absolute atomic E-state index is 0.178. The van der Waals surface area contributed by atoms with Gasteiger partial charge < -0.3 is 10.4 Å². The van der Waals surface area contributed by atoms with E-state index in [4.69, 9.17) is 28.3 Å². The second kappa shape index (κ2) is 7.11. The van der Waals surface area contributed by atoms with Crippen LogP contribution in [0.25, 0.3) is 0 Å². The van der Waals surface area contributed by atoms with Crippen LogP contribution in [0, 0.1) is 0 Å². The summed E-state index contributed by atoms with van der Waals surface area (Å²) in [6, 6.07) is 3.02. The van der Waals surface area contributed by atoms with E-state index in [1.54, 1.807) is 6.07 Å². The topological polar surface area (TPSA) is 101 Å². The third-order valence-corrected chi connectivity index (χ3v) is 4.80. The fourth-order valence-electron chi connectivity index (χ4n) is 1.62. The number of hydrogen-bond donors (Lipinski definition) is 2. The maximum absolute atomic E-state index is 12.1. The summed E-state index contributed by atoms with van der Waals surface area (Å²) >= 11 is 11.8. The van der Waals surface area contributed by atoms with Crippen molar-refractivity contribution in [3.05, 3.63) is 33.8 Å². The van der Waals surface area contributed by atoms with Crippen molar-refractivity contribution in [1.29, 1.82) is 0 Å². The fourth-order valence-corrected chi connectivity index (χ4v) is 3.92. The minimum Gasteiger partial charge on any atom is -0.480 e. The molecule has 1 unspecified atom stereocenters. The van der Waals surface area contributed by atoms with E-state index in [0.717, 1.165) is 6.92 Å². The van der Waals surface area contributed by atoms with E-state index in [1.165, 1.54) is 12.1 Å². The molecular formula is C12H13Cl2NO5S. The van der Waals surface area contributed by atoms with Crippen molar-refractivity contribution in [3.8, 4) is 0 Å². The van der Waals surface area contributed by atoms with E-state index in [-0.39, 0.29) is 15.6 Å². The van der Waals surface area contributed by atoms with Crippen molar-refractivity contribution in [2.45, 2.75) is 18.7 Å². The van der Waals surface area contributed by atoms with Crippen LogP contribution in [0.1, 0.15) is 12.5 Å². The SMILES string of the molecule is CC(=O)NC(CS(=O)(=O)Cc1c(Cl)cccc1Cl)C(=O)O. The van der Waals surface area contributed by atoms with Crippen LogP contribution in [0.3, 0.4) is 0 Å². The molecule has 0 radical (unpaired) electrons. The van der Waals surface area contributed by atoms with Gasteiger partial charge >= 0.3 is 5.97 Å². The number of benzene rings is 1. The van der Waals surface area contributed by atoms with Gasteiger partial charge in [-0.05, 0) is 12.1 Å². The quantitative estimate of drug-likeness (QED) is 0.806. The lowest BCUT2D eigenvalue weighted by atomic mass is 10.2. The van der Waals surface area contributed by atoms with Crippen LogP contribution in [-0.4, -0.2) is 37.2 Å². The van der Waals surface area contributed by atoms with E-state index in [9.17, 15) is 18.0 Å². The number of aliphatic carboxylic acids is 1. The maximum atomic E-state index is 12.1. The minimum atomic E-state index is -3.83. The Morgan fingerprint density at radius 2 is 1.81 bits per heavy atom. The molecule has 1 amide bonds. The van der Waals surface area contributed by atoms with Crippen molar-refractivity contribution in [2.24, 2.45) is 0 Å². The lowest BCUT2D eigenvalue weighted by molar-refractivity contribution is -0.140. The van der Waals surface area contributed by atoms with Crippen molar-refractivity contribution in [1.82, 2.24) is 5.32 Å². The van der Waals surface area contributed by atoms with Gasteiger partial charge in [-0.3, -0.25) is 4.79 Å². The third-order valence-electron chi connectivity index (χ3n) is 2.52. The lowest BCUT2D eigenvalue weighted by Crippen LogP contribution is -2.44. The van der Waals surface area contributed by atoms with E-state index < -0.39 is 39.3 Å². The Hall–Kier alpha value is -1.31.